The zero-order chi connectivity index (χ0) is 10.4. The minimum atomic E-state index is 0.988. The third-order valence-electron chi connectivity index (χ3n) is 2.56. The highest BCUT2D eigenvalue weighted by Crippen LogP contribution is 2.13. The lowest BCUT2D eigenvalue weighted by molar-refractivity contribution is 0.715. The Morgan fingerprint density at radius 1 is 1.29 bits per heavy atom. The quantitative estimate of drug-likeness (QED) is 0.496. The summed E-state index contributed by atoms with van der Waals surface area (Å²) in [5.74, 6) is 2.66. The highest BCUT2D eigenvalue weighted by Gasteiger charge is 1.98. The van der Waals surface area contributed by atoms with Crippen LogP contribution in [-0.2, 0) is 6.42 Å². The van der Waals surface area contributed by atoms with Crippen LogP contribution in [0.3, 0.4) is 0 Å². The maximum absolute atomic E-state index is 5.34. The molecule has 0 heterocycles. The van der Waals surface area contributed by atoms with E-state index in [0.717, 1.165) is 5.56 Å². The van der Waals surface area contributed by atoms with Crippen LogP contribution >= 0.6 is 0 Å². The molecule has 1 rings (SSSR count). The van der Waals surface area contributed by atoms with Gasteiger partial charge in [0.1, 0.15) is 0 Å². The molecule has 0 saturated heterocycles. The fraction of sp³-hybridized carbons (Fsp3) is 0.429. The second-order valence-electron chi connectivity index (χ2n) is 3.74. The molecule has 0 aliphatic heterocycles. The van der Waals surface area contributed by atoms with Crippen molar-refractivity contribution in [1.82, 2.24) is 0 Å². The Morgan fingerprint density at radius 3 is 2.64 bits per heavy atom. The van der Waals surface area contributed by atoms with E-state index < -0.39 is 0 Å². The van der Waals surface area contributed by atoms with E-state index in [4.69, 9.17) is 6.42 Å². The van der Waals surface area contributed by atoms with E-state index in [0.29, 0.717) is 0 Å². The van der Waals surface area contributed by atoms with Gasteiger partial charge < -0.3 is 0 Å². The summed E-state index contributed by atoms with van der Waals surface area (Å²) < 4.78 is 0. The number of unbranched alkanes of at least 4 members (excludes halogenated alkanes) is 2. The number of aryl methyl sites for hydroxylation is 2. The van der Waals surface area contributed by atoms with Gasteiger partial charge in [-0.3, -0.25) is 0 Å². The first kappa shape index (κ1) is 10.9. The van der Waals surface area contributed by atoms with E-state index in [9.17, 15) is 0 Å². The van der Waals surface area contributed by atoms with Crippen LogP contribution in [-0.4, -0.2) is 0 Å². The Kier molecular flexibility index (Phi) is 4.26. The van der Waals surface area contributed by atoms with Crippen LogP contribution in [0.15, 0.2) is 18.2 Å². The molecule has 1 aromatic carbocycles. The van der Waals surface area contributed by atoms with E-state index in [2.05, 4.69) is 31.9 Å². The minimum Gasteiger partial charge on any atom is -0.115 e. The molecule has 0 aromatic heterocycles. The lowest BCUT2D eigenvalue weighted by Gasteiger charge is -2.05. The molecule has 1 aromatic rings. The summed E-state index contributed by atoms with van der Waals surface area (Å²) in [4.78, 5) is 0. The summed E-state index contributed by atoms with van der Waals surface area (Å²) >= 11 is 0. The summed E-state index contributed by atoms with van der Waals surface area (Å²) in [5.41, 5.74) is 3.76. The van der Waals surface area contributed by atoms with Gasteiger partial charge in [0.2, 0.25) is 0 Å². The Bertz CT molecular complexity index is 328. The number of hydrogen-bond donors (Lipinski definition) is 0. The van der Waals surface area contributed by atoms with E-state index in [-0.39, 0.29) is 0 Å². The average molecular weight is 186 g/mol. The van der Waals surface area contributed by atoms with Crippen LogP contribution in [0.5, 0.6) is 0 Å². The maximum atomic E-state index is 5.34. The van der Waals surface area contributed by atoms with E-state index in [1.54, 1.807) is 0 Å². The smallest absolute Gasteiger partial charge is 0.0245 e. The first-order valence-electron chi connectivity index (χ1n) is 5.34. The number of benzene rings is 1. The Morgan fingerprint density at radius 2 is 2.07 bits per heavy atom. The molecule has 0 atom stereocenters. The van der Waals surface area contributed by atoms with Crippen molar-refractivity contribution in [2.45, 2.75) is 39.5 Å². The van der Waals surface area contributed by atoms with Gasteiger partial charge in [-0.2, -0.15) is 0 Å². The van der Waals surface area contributed by atoms with E-state index >= 15 is 0 Å². The molecule has 0 spiro atoms. The summed E-state index contributed by atoms with van der Waals surface area (Å²) in [6, 6.07) is 6.30. The first-order valence-corrected chi connectivity index (χ1v) is 5.34. The molecular formula is C14H18. The van der Waals surface area contributed by atoms with Gasteiger partial charge in [-0.25, -0.2) is 0 Å². The number of terminal acetylenes is 1. The second kappa shape index (κ2) is 5.50. The van der Waals surface area contributed by atoms with Crippen molar-refractivity contribution in [3.8, 4) is 12.3 Å². The first-order chi connectivity index (χ1) is 6.77. The molecule has 0 aliphatic rings. The third kappa shape index (κ3) is 2.92. The molecule has 0 amide bonds. The third-order valence-corrected chi connectivity index (χ3v) is 2.56. The Balaban J connectivity index is 2.65. The largest absolute Gasteiger partial charge is 0.115 e. The average Bonchev–Trinajstić information content (AvgIpc) is 2.20. The van der Waals surface area contributed by atoms with Gasteiger partial charge >= 0.3 is 0 Å². The maximum Gasteiger partial charge on any atom is 0.0245 e. The Labute approximate surface area is 87.4 Å². The van der Waals surface area contributed by atoms with Crippen molar-refractivity contribution in [3.05, 3.63) is 34.9 Å². The molecule has 0 unspecified atom stereocenters. The number of hydrogen-bond acceptors (Lipinski definition) is 0. The van der Waals surface area contributed by atoms with Gasteiger partial charge in [0.05, 0.1) is 0 Å². The van der Waals surface area contributed by atoms with Crippen LogP contribution in [0.2, 0.25) is 0 Å². The van der Waals surface area contributed by atoms with Gasteiger partial charge in [-0.1, -0.05) is 31.8 Å². The fourth-order valence-corrected chi connectivity index (χ4v) is 1.63. The van der Waals surface area contributed by atoms with Gasteiger partial charge in [0.25, 0.3) is 0 Å². The van der Waals surface area contributed by atoms with Crippen molar-refractivity contribution >= 4 is 0 Å². The van der Waals surface area contributed by atoms with Gasteiger partial charge in [-0.15, -0.1) is 6.42 Å². The molecule has 0 bridgehead atoms. The predicted molar refractivity (Wildman–Crippen MR) is 62.3 cm³/mol. The highest BCUT2D eigenvalue weighted by atomic mass is 14.0. The predicted octanol–water partition coefficient (Wildman–Crippen LogP) is 3.71. The SMILES string of the molecule is C#Cc1ccc(CCCCC)c(C)c1. The molecule has 0 N–H and O–H groups in total. The molecule has 0 heteroatoms. The van der Waals surface area contributed by atoms with Crippen molar-refractivity contribution in [2.75, 3.05) is 0 Å². The summed E-state index contributed by atoms with van der Waals surface area (Å²) in [5, 5.41) is 0. The van der Waals surface area contributed by atoms with Crippen LogP contribution in [0.25, 0.3) is 0 Å². The molecule has 0 radical (unpaired) electrons. The second-order valence-corrected chi connectivity index (χ2v) is 3.74. The molecule has 0 saturated carbocycles. The van der Waals surface area contributed by atoms with Crippen molar-refractivity contribution < 1.29 is 0 Å². The van der Waals surface area contributed by atoms with Crippen LogP contribution < -0.4 is 0 Å². The summed E-state index contributed by atoms with van der Waals surface area (Å²) in [6.45, 7) is 4.37. The van der Waals surface area contributed by atoms with Crippen molar-refractivity contribution in [1.29, 1.82) is 0 Å². The fourth-order valence-electron chi connectivity index (χ4n) is 1.63. The monoisotopic (exact) mass is 186 g/mol. The van der Waals surface area contributed by atoms with E-state index in [1.807, 2.05) is 6.07 Å². The molecular weight excluding hydrogens is 168 g/mol. The van der Waals surface area contributed by atoms with Crippen LogP contribution in [0, 0.1) is 19.3 Å². The van der Waals surface area contributed by atoms with Crippen molar-refractivity contribution in [3.63, 3.8) is 0 Å². The standard InChI is InChI=1S/C14H18/c1-4-6-7-8-14-10-9-13(5-2)11-12(14)3/h2,9-11H,4,6-8H2,1,3H3. The van der Waals surface area contributed by atoms with Crippen LogP contribution in [0.1, 0.15) is 42.9 Å². The molecule has 14 heavy (non-hydrogen) atoms. The zero-order valence-electron chi connectivity index (χ0n) is 9.14. The molecule has 74 valence electrons. The Hall–Kier alpha value is -1.22. The highest BCUT2D eigenvalue weighted by molar-refractivity contribution is 5.39. The minimum absolute atomic E-state index is 0.988. The van der Waals surface area contributed by atoms with Gasteiger partial charge in [0.15, 0.2) is 0 Å². The van der Waals surface area contributed by atoms with E-state index in [1.165, 1.54) is 36.8 Å². The van der Waals surface area contributed by atoms with Crippen LogP contribution in [0.4, 0.5) is 0 Å². The molecule has 0 nitrogen and oxygen atoms in total. The summed E-state index contributed by atoms with van der Waals surface area (Å²) in [6.07, 6.45) is 10.4. The molecule has 0 fully saturated rings. The lowest BCUT2D eigenvalue weighted by atomic mass is 10.0. The molecule has 0 aliphatic carbocycles. The van der Waals surface area contributed by atoms with Gasteiger partial charge in [-0.05, 0) is 43.0 Å². The lowest BCUT2D eigenvalue weighted by Crippen LogP contribution is -1.90. The van der Waals surface area contributed by atoms with Gasteiger partial charge in [0, 0.05) is 5.56 Å². The normalized spacial score (nSPS) is 9.79. The van der Waals surface area contributed by atoms with Crippen molar-refractivity contribution in [2.24, 2.45) is 0 Å². The zero-order valence-corrected chi connectivity index (χ0v) is 9.14. The number of rotatable bonds is 4. The summed E-state index contributed by atoms with van der Waals surface area (Å²) in [7, 11) is 0. The topological polar surface area (TPSA) is 0 Å².